The van der Waals surface area contributed by atoms with Crippen LogP contribution in [-0.2, 0) is 0 Å². The molecule has 0 atom stereocenters. The number of thiophene rings is 1. The monoisotopic (exact) mass is 235 g/mol. The summed E-state index contributed by atoms with van der Waals surface area (Å²) in [4.78, 5) is 11.5. The van der Waals surface area contributed by atoms with Gasteiger partial charge in [-0.3, -0.25) is 4.79 Å². The number of rotatable bonds is 2. The molecule has 5 heteroatoms. The predicted molar refractivity (Wildman–Crippen MR) is 54.8 cm³/mol. The first-order chi connectivity index (χ1) is 6.16. The zero-order valence-electron chi connectivity index (χ0n) is 6.64. The minimum atomic E-state index is -0.115. The second-order valence-electron chi connectivity index (χ2n) is 2.99. The molecule has 0 unspecified atom stereocenters. The maximum absolute atomic E-state index is 11.5. The predicted octanol–water partition coefficient (Wildman–Crippen LogP) is 2.95. The van der Waals surface area contributed by atoms with Crippen LogP contribution >= 0.6 is 34.5 Å². The minimum absolute atomic E-state index is 0.115. The molecule has 1 heterocycles. The van der Waals surface area contributed by atoms with Gasteiger partial charge in [0.25, 0.3) is 5.91 Å². The Balaban J connectivity index is 2.13. The lowest BCUT2D eigenvalue weighted by molar-refractivity contribution is 0.0951. The first-order valence-corrected chi connectivity index (χ1v) is 5.50. The largest absolute Gasteiger partial charge is 0.349 e. The second-order valence-corrected chi connectivity index (χ2v) is 5.27. The van der Waals surface area contributed by atoms with E-state index in [4.69, 9.17) is 23.2 Å². The Labute approximate surface area is 89.8 Å². The fraction of sp³-hybridized carbons (Fsp3) is 0.375. The molecule has 2 nitrogen and oxygen atoms in total. The van der Waals surface area contributed by atoms with Crippen molar-refractivity contribution in [3.8, 4) is 0 Å². The Morgan fingerprint density at radius 1 is 1.54 bits per heavy atom. The molecule has 1 aromatic rings. The first kappa shape index (κ1) is 9.31. The van der Waals surface area contributed by atoms with Gasteiger partial charge in [-0.15, -0.1) is 11.3 Å². The van der Waals surface area contributed by atoms with E-state index in [0.717, 1.165) is 12.8 Å². The van der Waals surface area contributed by atoms with Gasteiger partial charge in [0.05, 0.1) is 9.90 Å². The van der Waals surface area contributed by atoms with Crippen LogP contribution in [0.1, 0.15) is 23.2 Å². The summed E-state index contributed by atoms with van der Waals surface area (Å²) in [5, 5.41) is 2.85. The normalized spacial score (nSPS) is 15.8. The van der Waals surface area contributed by atoms with Crippen molar-refractivity contribution in [3.63, 3.8) is 0 Å². The molecule has 0 aliphatic heterocycles. The molecule has 2 rings (SSSR count). The van der Waals surface area contributed by atoms with E-state index in [1.165, 1.54) is 11.3 Å². The van der Waals surface area contributed by atoms with Crippen molar-refractivity contribution in [2.45, 2.75) is 18.9 Å². The molecule has 1 aliphatic rings. The number of halogens is 2. The van der Waals surface area contributed by atoms with E-state index in [1.54, 1.807) is 6.07 Å². The molecule has 1 aromatic heterocycles. The third-order valence-electron chi connectivity index (χ3n) is 1.81. The molecule has 1 fully saturated rings. The zero-order chi connectivity index (χ0) is 9.42. The first-order valence-electron chi connectivity index (χ1n) is 3.92. The summed E-state index contributed by atoms with van der Waals surface area (Å²) < 4.78 is 1.01. The number of hydrogen-bond donors (Lipinski definition) is 1. The van der Waals surface area contributed by atoms with Crippen LogP contribution in [0.5, 0.6) is 0 Å². The van der Waals surface area contributed by atoms with Gasteiger partial charge in [-0.1, -0.05) is 23.2 Å². The topological polar surface area (TPSA) is 29.1 Å². The van der Waals surface area contributed by atoms with E-state index in [1.807, 2.05) is 0 Å². The fourth-order valence-corrected chi connectivity index (χ4v) is 2.44. The van der Waals surface area contributed by atoms with Gasteiger partial charge in [-0.05, 0) is 18.9 Å². The lowest BCUT2D eigenvalue weighted by Crippen LogP contribution is -2.25. The lowest BCUT2D eigenvalue weighted by atomic mass is 10.3. The summed E-state index contributed by atoms with van der Waals surface area (Å²) in [6.07, 6.45) is 2.14. The van der Waals surface area contributed by atoms with Crippen molar-refractivity contribution >= 4 is 40.4 Å². The number of carbonyl (C=O) groups is 1. The fourth-order valence-electron chi connectivity index (χ4n) is 0.986. The van der Waals surface area contributed by atoms with Crippen LogP contribution in [0.4, 0.5) is 0 Å². The van der Waals surface area contributed by atoms with Crippen molar-refractivity contribution < 1.29 is 4.79 Å². The summed E-state index contributed by atoms with van der Waals surface area (Å²) in [6.45, 7) is 0. The van der Waals surface area contributed by atoms with E-state index < -0.39 is 0 Å². The van der Waals surface area contributed by atoms with E-state index >= 15 is 0 Å². The van der Waals surface area contributed by atoms with Crippen LogP contribution in [-0.4, -0.2) is 11.9 Å². The third kappa shape index (κ3) is 2.16. The molecule has 0 saturated heterocycles. The second kappa shape index (κ2) is 3.48. The van der Waals surface area contributed by atoms with E-state index in [-0.39, 0.29) is 5.91 Å². The van der Waals surface area contributed by atoms with Gasteiger partial charge < -0.3 is 5.32 Å². The molecule has 0 radical (unpaired) electrons. The molecular weight excluding hydrogens is 229 g/mol. The maximum Gasteiger partial charge on any atom is 0.253 e. The lowest BCUT2D eigenvalue weighted by Gasteiger charge is -1.99. The Morgan fingerprint density at radius 2 is 2.23 bits per heavy atom. The van der Waals surface area contributed by atoms with Gasteiger partial charge in [-0.25, -0.2) is 0 Å². The highest BCUT2D eigenvalue weighted by atomic mass is 35.5. The Hall–Kier alpha value is -0.250. The van der Waals surface area contributed by atoms with Crippen LogP contribution < -0.4 is 5.32 Å². The third-order valence-corrected chi connectivity index (χ3v) is 3.30. The smallest absolute Gasteiger partial charge is 0.253 e. The van der Waals surface area contributed by atoms with Gasteiger partial charge in [0.1, 0.15) is 4.34 Å². The van der Waals surface area contributed by atoms with Crippen LogP contribution in [0, 0.1) is 0 Å². The number of nitrogens with one attached hydrogen (secondary N) is 1. The minimum Gasteiger partial charge on any atom is -0.349 e. The summed E-state index contributed by atoms with van der Waals surface area (Å²) >= 11 is 12.7. The number of carbonyl (C=O) groups excluding carboxylic acids is 1. The average Bonchev–Trinajstić information content (AvgIpc) is 2.77. The zero-order valence-corrected chi connectivity index (χ0v) is 8.97. The summed E-state index contributed by atoms with van der Waals surface area (Å²) in [7, 11) is 0. The highest BCUT2D eigenvalue weighted by Gasteiger charge is 2.25. The molecule has 0 bridgehead atoms. The van der Waals surface area contributed by atoms with Crippen LogP contribution in [0.2, 0.25) is 8.67 Å². The maximum atomic E-state index is 11.5. The van der Waals surface area contributed by atoms with Crippen molar-refractivity contribution in [2.75, 3.05) is 0 Å². The molecule has 1 aliphatic carbocycles. The molecular formula is C8H7Cl2NOS. The van der Waals surface area contributed by atoms with Crippen LogP contribution in [0.3, 0.4) is 0 Å². The molecule has 0 aromatic carbocycles. The van der Waals surface area contributed by atoms with Gasteiger partial charge in [-0.2, -0.15) is 0 Å². The Morgan fingerprint density at radius 3 is 2.69 bits per heavy atom. The molecule has 1 amide bonds. The highest BCUT2D eigenvalue weighted by Crippen LogP contribution is 2.31. The molecule has 1 N–H and O–H groups in total. The van der Waals surface area contributed by atoms with E-state index in [2.05, 4.69) is 5.32 Å². The average molecular weight is 236 g/mol. The Bertz CT molecular complexity index is 346. The van der Waals surface area contributed by atoms with Crippen molar-refractivity contribution in [2.24, 2.45) is 0 Å². The van der Waals surface area contributed by atoms with Gasteiger partial charge in [0.2, 0.25) is 0 Å². The molecule has 70 valence electrons. The van der Waals surface area contributed by atoms with E-state index in [9.17, 15) is 4.79 Å². The SMILES string of the molecule is O=C(NC1CC1)c1cc(Cl)sc1Cl. The highest BCUT2D eigenvalue weighted by molar-refractivity contribution is 7.20. The van der Waals surface area contributed by atoms with Gasteiger partial charge in [0, 0.05) is 6.04 Å². The standard InChI is InChI=1S/C8H7Cl2NOS/c9-6-3-5(7(10)13-6)8(12)11-4-1-2-4/h3-4H,1-2H2,(H,11,12). The summed E-state index contributed by atoms with van der Waals surface area (Å²) in [6, 6.07) is 1.95. The van der Waals surface area contributed by atoms with Crippen LogP contribution in [0.25, 0.3) is 0 Å². The van der Waals surface area contributed by atoms with Gasteiger partial charge in [0.15, 0.2) is 0 Å². The molecule has 0 spiro atoms. The van der Waals surface area contributed by atoms with Crippen molar-refractivity contribution in [3.05, 3.63) is 20.3 Å². The summed E-state index contributed by atoms with van der Waals surface area (Å²) in [5.74, 6) is -0.115. The van der Waals surface area contributed by atoms with E-state index in [0.29, 0.717) is 20.3 Å². The van der Waals surface area contributed by atoms with Crippen molar-refractivity contribution in [1.29, 1.82) is 0 Å². The van der Waals surface area contributed by atoms with Crippen molar-refractivity contribution in [1.82, 2.24) is 5.32 Å². The number of hydrogen-bond acceptors (Lipinski definition) is 2. The quantitative estimate of drug-likeness (QED) is 0.840. The summed E-state index contributed by atoms with van der Waals surface area (Å²) in [5.41, 5.74) is 0.489. The van der Waals surface area contributed by atoms with Crippen LogP contribution in [0.15, 0.2) is 6.07 Å². The number of amides is 1. The molecule has 1 saturated carbocycles. The van der Waals surface area contributed by atoms with Gasteiger partial charge >= 0.3 is 0 Å². The Kier molecular flexibility index (Phi) is 2.49. The molecule has 13 heavy (non-hydrogen) atoms.